The van der Waals surface area contributed by atoms with Crippen LogP contribution in [0.4, 0.5) is 23.2 Å². The predicted octanol–water partition coefficient (Wildman–Crippen LogP) is 6.40. The van der Waals surface area contributed by atoms with E-state index in [4.69, 9.17) is 11.6 Å². The number of carbonyl (C=O) groups excluding carboxylic acids is 2. The first-order valence-electron chi connectivity index (χ1n) is 11.8. The van der Waals surface area contributed by atoms with Crippen LogP contribution in [0.2, 0.25) is 5.02 Å². The van der Waals surface area contributed by atoms with Gasteiger partial charge in [-0.1, -0.05) is 17.7 Å². The van der Waals surface area contributed by atoms with Crippen LogP contribution in [0.3, 0.4) is 0 Å². The molecule has 2 N–H and O–H groups in total. The topological polar surface area (TPSA) is 58.2 Å². The Kier molecular flexibility index (Phi) is 4.86. The molecule has 0 spiro atoms. The first-order valence-corrected chi connectivity index (χ1v) is 12.2. The average Bonchev–Trinajstić information content (AvgIpc) is 3.11. The van der Waals surface area contributed by atoms with Gasteiger partial charge in [0, 0.05) is 27.4 Å². The monoisotopic (exact) mass is 506 g/mol. The van der Waals surface area contributed by atoms with Gasteiger partial charge < -0.3 is 10.6 Å². The van der Waals surface area contributed by atoms with E-state index in [0.29, 0.717) is 35.2 Å². The zero-order chi connectivity index (χ0) is 24.8. The highest BCUT2D eigenvalue weighted by molar-refractivity contribution is 6.31. The third kappa shape index (κ3) is 3.39. The molecule has 1 aliphatic heterocycles. The molecule has 4 nitrogen and oxygen atoms in total. The summed E-state index contributed by atoms with van der Waals surface area (Å²) in [5, 5.41) is 5.92. The Bertz CT molecular complexity index is 1250. The lowest BCUT2D eigenvalue weighted by molar-refractivity contribution is -0.283. The summed E-state index contributed by atoms with van der Waals surface area (Å²) in [6, 6.07) is 7.86. The first-order chi connectivity index (χ1) is 16.5. The Morgan fingerprint density at radius 3 is 2.49 bits per heavy atom. The molecule has 5 aliphatic rings. The van der Waals surface area contributed by atoms with Crippen LogP contribution in [0.1, 0.15) is 66.1 Å². The summed E-state index contributed by atoms with van der Waals surface area (Å²) < 4.78 is 56.5. The number of carbonyl (C=O) groups is 2. The first kappa shape index (κ1) is 22.8. The van der Waals surface area contributed by atoms with Crippen molar-refractivity contribution in [3.8, 4) is 0 Å². The van der Waals surface area contributed by atoms with Gasteiger partial charge in [-0.05, 0) is 80.7 Å². The van der Waals surface area contributed by atoms with Crippen molar-refractivity contribution in [1.82, 2.24) is 5.32 Å². The van der Waals surface area contributed by atoms with Gasteiger partial charge in [0.1, 0.15) is 5.82 Å². The van der Waals surface area contributed by atoms with Gasteiger partial charge in [0.05, 0.1) is 16.9 Å². The SMILES string of the molecule is O=C1NC(c2cc(F)ccc2Cl)c2c(NC(=O)C34CC5CC(C3)CC(C(F)(F)F)(C5)C4)cccc21. The molecule has 3 unspecified atom stereocenters. The minimum Gasteiger partial charge on any atom is -0.341 e. The van der Waals surface area contributed by atoms with E-state index >= 15 is 0 Å². The van der Waals surface area contributed by atoms with Crippen LogP contribution < -0.4 is 10.6 Å². The molecule has 35 heavy (non-hydrogen) atoms. The largest absolute Gasteiger partial charge is 0.394 e. The smallest absolute Gasteiger partial charge is 0.341 e. The molecule has 0 radical (unpaired) electrons. The average molecular weight is 507 g/mol. The fourth-order valence-corrected chi connectivity index (χ4v) is 7.77. The lowest BCUT2D eigenvalue weighted by Crippen LogP contribution is -2.60. The molecular weight excluding hydrogens is 484 g/mol. The summed E-state index contributed by atoms with van der Waals surface area (Å²) in [6.07, 6.45) is -2.72. The highest BCUT2D eigenvalue weighted by atomic mass is 35.5. The number of fused-ring (bicyclic) bond motifs is 1. The highest BCUT2D eigenvalue weighted by Crippen LogP contribution is 2.69. The molecule has 184 valence electrons. The van der Waals surface area contributed by atoms with Crippen LogP contribution in [-0.4, -0.2) is 18.0 Å². The van der Waals surface area contributed by atoms with E-state index in [-0.39, 0.29) is 36.1 Å². The van der Waals surface area contributed by atoms with Crippen LogP contribution >= 0.6 is 11.6 Å². The van der Waals surface area contributed by atoms with Crippen molar-refractivity contribution in [1.29, 1.82) is 0 Å². The second-order valence-electron chi connectivity index (χ2n) is 10.8. The van der Waals surface area contributed by atoms with Crippen LogP contribution in [-0.2, 0) is 4.79 Å². The van der Waals surface area contributed by atoms with E-state index in [9.17, 15) is 27.2 Å². The molecular formula is C26H23ClF4N2O2. The number of hydrogen-bond acceptors (Lipinski definition) is 2. The molecule has 9 heteroatoms. The van der Waals surface area contributed by atoms with Gasteiger partial charge in [0.2, 0.25) is 5.91 Å². The summed E-state index contributed by atoms with van der Waals surface area (Å²) >= 11 is 6.31. The number of rotatable bonds is 3. The van der Waals surface area contributed by atoms with E-state index in [0.717, 1.165) is 6.42 Å². The maximum Gasteiger partial charge on any atom is 0.394 e. The van der Waals surface area contributed by atoms with Crippen molar-refractivity contribution in [2.45, 2.75) is 50.7 Å². The van der Waals surface area contributed by atoms with Crippen LogP contribution in [0.15, 0.2) is 36.4 Å². The number of alkyl halides is 3. The van der Waals surface area contributed by atoms with E-state index < -0.39 is 40.7 Å². The maximum atomic E-state index is 14.2. The summed E-state index contributed by atoms with van der Waals surface area (Å²) in [7, 11) is 0. The summed E-state index contributed by atoms with van der Waals surface area (Å²) in [5.74, 6) is -1.59. The lowest BCUT2D eigenvalue weighted by Gasteiger charge is -2.61. The predicted molar refractivity (Wildman–Crippen MR) is 121 cm³/mol. The molecule has 4 fully saturated rings. The standard InChI is InChI=1S/C26H23ClF4N2O2/c27-18-5-4-15(28)7-17(18)21-20-16(22(34)33-21)2-1-3-19(20)32-23(35)24-8-13-6-14(9-24)11-25(10-13,12-24)26(29,30)31/h1-5,7,13-14,21H,6,8-12H2,(H,32,35)(H,33,34). The zero-order valence-electron chi connectivity index (χ0n) is 18.6. The highest BCUT2D eigenvalue weighted by Gasteiger charge is 2.69. The Morgan fingerprint density at radius 2 is 1.80 bits per heavy atom. The molecule has 0 saturated heterocycles. The van der Waals surface area contributed by atoms with E-state index in [2.05, 4.69) is 10.6 Å². The summed E-state index contributed by atoms with van der Waals surface area (Å²) in [5.41, 5.74) is -1.48. The van der Waals surface area contributed by atoms with Crippen LogP contribution in [0.25, 0.3) is 0 Å². The summed E-state index contributed by atoms with van der Waals surface area (Å²) in [6.45, 7) is 0. The molecule has 2 aromatic carbocycles. The van der Waals surface area contributed by atoms with Crippen molar-refractivity contribution in [3.05, 3.63) is 63.9 Å². The minimum absolute atomic E-state index is 0.0985. The number of anilines is 1. The third-order valence-corrected chi connectivity index (χ3v) is 8.92. The van der Waals surface area contributed by atoms with Gasteiger partial charge in [0.25, 0.3) is 5.91 Å². The normalized spacial score (nSPS) is 32.9. The second-order valence-corrected chi connectivity index (χ2v) is 11.2. The zero-order valence-corrected chi connectivity index (χ0v) is 19.4. The molecule has 3 atom stereocenters. The molecule has 1 heterocycles. The molecule has 2 aromatic rings. The fraction of sp³-hybridized carbons (Fsp3) is 0.462. The Balaban J connectivity index is 1.37. The van der Waals surface area contributed by atoms with Crippen molar-refractivity contribution in [2.24, 2.45) is 22.7 Å². The van der Waals surface area contributed by atoms with Crippen molar-refractivity contribution in [2.75, 3.05) is 5.32 Å². The van der Waals surface area contributed by atoms with Gasteiger partial charge in [-0.25, -0.2) is 4.39 Å². The van der Waals surface area contributed by atoms with Crippen LogP contribution in [0, 0.1) is 28.5 Å². The van der Waals surface area contributed by atoms with Crippen molar-refractivity contribution >= 4 is 29.1 Å². The molecule has 7 rings (SSSR count). The Hall–Kier alpha value is -2.61. The molecule has 4 saturated carbocycles. The maximum absolute atomic E-state index is 14.2. The van der Waals surface area contributed by atoms with Gasteiger partial charge in [0.15, 0.2) is 0 Å². The lowest BCUT2D eigenvalue weighted by atomic mass is 9.43. The Morgan fingerprint density at radius 1 is 1.09 bits per heavy atom. The van der Waals surface area contributed by atoms with Crippen LogP contribution in [0.5, 0.6) is 0 Å². The quantitative estimate of drug-likeness (QED) is 0.473. The number of nitrogens with one attached hydrogen (secondary N) is 2. The summed E-state index contributed by atoms with van der Waals surface area (Å²) in [4.78, 5) is 26.4. The van der Waals surface area contributed by atoms with Gasteiger partial charge >= 0.3 is 6.18 Å². The second kappa shape index (κ2) is 7.45. The van der Waals surface area contributed by atoms with Crippen molar-refractivity contribution < 1.29 is 27.2 Å². The van der Waals surface area contributed by atoms with Gasteiger partial charge in [-0.2, -0.15) is 13.2 Å². The number of amides is 2. The van der Waals surface area contributed by atoms with E-state index in [1.807, 2.05) is 0 Å². The van der Waals surface area contributed by atoms with Gasteiger partial charge in [-0.3, -0.25) is 9.59 Å². The molecule has 2 amide bonds. The van der Waals surface area contributed by atoms with E-state index in [1.54, 1.807) is 18.2 Å². The number of halogens is 5. The van der Waals surface area contributed by atoms with Gasteiger partial charge in [-0.15, -0.1) is 0 Å². The van der Waals surface area contributed by atoms with Crippen molar-refractivity contribution in [3.63, 3.8) is 0 Å². The Labute approximate surface area is 204 Å². The number of hydrogen-bond donors (Lipinski definition) is 2. The molecule has 0 aromatic heterocycles. The molecule has 4 bridgehead atoms. The third-order valence-electron chi connectivity index (χ3n) is 8.58. The number of benzene rings is 2. The fourth-order valence-electron chi connectivity index (χ4n) is 7.55. The minimum atomic E-state index is -4.35. The molecule has 4 aliphatic carbocycles. The van der Waals surface area contributed by atoms with E-state index in [1.165, 1.54) is 18.2 Å².